The van der Waals surface area contributed by atoms with Crippen LogP contribution in [0, 0.1) is 10.1 Å². The van der Waals surface area contributed by atoms with E-state index in [0.29, 0.717) is 6.54 Å². The van der Waals surface area contributed by atoms with Gasteiger partial charge in [-0.25, -0.2) is 0 Å². The maximum atomic E-state index is 12.0. The number of nitrogens with zero attached hydrogens (tertiary/aromatic N) is 1. The molecule has 1 aliphatic rings. The summed E-state index contributed by atoms with van der Waals surface area (Å²) in [7, 11) is 0. The summed E-state index contributed by atoms with van der Waals surface area (Å²) in [5.41, 5.74) is 5.43. The fraction of sp³-hybridized carbons (Fsp3) is 0.462. The molecule has 1 atom stereocenters. The van der Waals surface area contributed by atoms with E-state index in [1.54, 1.807) is 0 Å². The van der Waals surface area contributed by atoms with Gasteiger partial charge in [-0.1, -0.05) is 6.07 Å². The molecular formula is C13H17N3O4. The Labute approximate surface area is 116 Å². The summed E-state index contributed by atoms with van der Waals surface area (Å²) in [5, 5.41) is 13.5. The molecule has 20 heavy (non-hydrogen) atoms. The molecule has 0 spiro atoms. The van der Waals surface area contributed by atoms with E-state index in [-0.39, 0.29) is 23.0 Å². The van der Waals surface area contributed by atoms with Crippen molar-refractivity contribution in [2.24, 2.45) is 0 Å². The van der Waals surface area contributed by atoms with Crippen LogP contribution in [0.4, 0.5) is 11.4 Å². The number of anilines is 1. The van der Waals surface area contributed by atoms with Crippen LogP contribution in [0.15, 0.2) is 18.2 Å². The number of nitrogens with one attached hydrogen (secondary N) is 1. The number of amides is 1. The minimum absolute atomic E-state index is 0.105. The molecule has 7 nitrogen and oxygen atoms in total. The molecule has 0 saturated carbocycles. The molecular weight excluding hydrogens is 262 g/mol. The van der Waals surface area contributed by atoms with Gasteiger partial charge in [-0.2, -0.15) is 0 Å². The van der Waals surface area contributed by atoms with Gasteiger partial charge in [0.1, 0.15) is 5.69 Å². The highest BCUT2D eigenvalue weighted by Gasteiger charge is 2.19. The molecule has 1 aliphatic heterocycles. The maximum absolute atomic E-state index is 12.0. The van der Waals surface area contributed by atoms with Crippen LogP contribution in [0.1, 0.15) is 29.6 Å². The number of nitro benzene ring substituents is 1. The molecule has 0 aliphatic carbocycles. The van der Waals surface area contributed by atoms with Gasteiger partial charge in [0, 0.05) is 19.2 Å². The van der Waals surface area contributed by atoms with Crippen molar-refractivity contribution in [3.63, 3.8) is 0 Å². The molecule has 108 valence electrons. The number of nitrogen functional groups attached to an aromatic ring is 1. The van der Waals surface area contributed by atoms with Crippen molar-refractivity contribution in [2.45, 2.75) is 25.4 Å². The van der Waals surface area contributed by atoms with Crippen molar-refractivity contribution in [3.8, 4) is 0 Å². The lowest BCUT2D eigenvalue weighted by molar-refractivity contribution is -0.383. The second-order valence-electron chi connectivity index (χ2n) is 4.68. The van der Waals surface area contributed by atoms with E-state index < -0.39 is 10.8 Å². The van der Waals surface area contributed by atoms with Crippen LogP contribution in [0.2, 0.25) is 0 Å². The number of rotatable bonds is 5. The van der Waals surface area contributed by atoms with E-state index in [1.807, 2.05) is 0 Å². The average molecular weight is 279 g/mol. The highest BCUT2D eigenvalue weighted by molar-refractivity contribution is 6.00. The van der Waals surface area contributed by atoms with Crippen molar-refractivity contribution < 1.29 is 14.5 Å². The van der Waals surface area contributed by atoms with Crippen LogP contribution < -0.4 is 11.1 Å². The molecule has 1 heterocycles. The summed E-state index contributed by atoms with van der Waals surface area (Å²) in [6, 6.07) is 4.20. The Hall–Kier alpha value is -2.15. The summed E-state index contributed by atoms with van der Waals surface area (Å²) in [4.78, 5) is 22.1. The van der Waals surface area contributed by atoms with Gasteiger partial charge in [-0.15, -0.1) is 0 Å². The number of carbonyl (C=O) groups is 1. The molecule has 1 amide bonds. The van der Waals surface area contributed by atoms with Crippen molar-refractivity contribution >= 4 is 17.3 Å². The topological polar surface area (TPSA) is 107 Å². The average Bonchev–Trinajstić information content (AvgIpc) is 2.91. The van der Waals surface area contributed by atoms with Crippen molar-refractivity contribution in [3.05, 3.63) is 33.9 Å². The first-order chi connectivity index (χ1) is 9.59. The first-order valence-electron chi connectivity index (χ1n) is 6.52. The zero-order valence-corrected chi connectivity index (χ0v) is 11.0. The van der Waals surface area contributed by atoms with E-state index in [0.717, 1.165) is 25.9 Å². The summed E-state index contributed by atoms with van der Waals surface area (Å²) in [6.45, 7) is 1.24. The van der Waals surface area contributed by atoms with Gasteiger partial charge in [0.15, 0.2) is 0 Å². The predicted octanol–water partition coefficient (Wildman–Crippen LogP) is 1.48. The molecule has 0 radical (unpaired) electrons. The fourth-order valence-electron chi connectivity index (χ4n) is 2.22. The van der Waals surface area contributed by atoms with E-state index >= 15 is 0 Å². The molecule has 0 bridgehead atoms. The SMILES string of the molecule is Nc1c(C(=O)NCCC2CCCO2)cccc1[N+](=O)[O-]. The summed E-state index contributed by atoms with van der Waals surface area (Å²) in [5.74, 6) is -0.399. The molecule has 0 aromatic heterocycles. The first-order valence-corrected chi connectivity index (χ1v) is 6.52. The fourth-order valence-corrected chi connectivity index (χ4v) is 2.22. The molecule has 7 heteroatoms. The largest absolute Gasteiger partial charge is 0.393 e. The van der Waals surface area contributed by atoms with Crippen molar-refractivity contribution in [2.75, 3.05) is 18.9 Å². The molecule has 3 N–H and O–H groups in total. The summed E-state index contributed by atoms with van der Waals surface area (Å²) in [6.07, 6.45) is 2.99. The van der Waals surface area contributed by atoms with Crippen LogP contribution in [-0.2, 0) is 4.74 Å². The third-order valence-corrected chi connectivity index (χ3v) is 3.30. The van der Waals surface area contributed by atoms with Gasteiger partial charge in [-0.3, -0.25) is 14.9 Å². The molecule has 1 unspecified atom stereocenters. The Kier molecular flexibility index (Phi) is 4.52. The van der Waals surface area contributed by atoms with Gasteiger partial charge in [0.2, 0.25) is 0 Å². The number of nitro groups is 1. The zero-order valence-electron chi connectivity index (χ0n) is 11.0. The second kappa shape index (κ2) is 6.33. The lowest BCUT2D eigenvalue weighted by Crippen LogP contribution is -2.27. The van der Waals surface area contributed by atoms with Gasteiger partial charge in [-0.05, 0) is 25.3 Å². The Balaban J connectivity index is 1.95. The van der Waals surface area contributed by atoms with E-state index in [4.69, 9.17) is 10.5 Å². The van der Waals surface area contributed by atoms with Gasteiger partial charge < -0.3 is 15.8 Å². The number of nitrogens with two attached hydrogens (primary N) is 1. The minimum atomic E-state index is -0.599. The van der Waals surface area contributed by atoms with E-state index in [1.165, 1.54) is 18.2 Å². The number of hydrogen-bond donors (Lipinski definition) is 2. The Bertz CT molecular complexity index is 512. The smallest absolute Gasteiger partial charge is 0.292 e. The third-order valence-electron chi connectivity index (χ3n) is 3.30. The zero-order chi connectivity index (χ0) is 14.5. The quantitative estimate of drug-likeness (QED) is 0.482. The Morgan fingerprint density at radius 2 is 2.35 bits per heavy atom. The van der Waals surface area contributed by atoms with Gasteiger partial charge >= 0.3 is 0 Å². The molecule has 1 aromatic rings. The summed E-state index contributed by atoms with van der Waals surface area (Å²) >= 11 is 0. The Morgan fingerprint density at radius 3 is 3.00 bits per heavy atom. The maximum Gasteiger partial charge on any atom is 0.292 e. The Morgan fingerprint density at radius 1 is 1.55 bits per heavy atom. The number of hydrogen-bond acceptors (Lipinski definition) is 5. The van der Waals surface area contributed by atoms with E-state index in [9.17, 15) is 14.9 Å². The number of benzene rings is 1. The molecule has 1 fully saturated rings. The third kappa shape index (κ3) is 3.24. The highest BCUT2D eigenvalue weighted by atomic mass is 16.6. The second-order valence-corrected chi connectivity index (χ2v) is 4.68. The monoisotopic (exact) mass is 279 g/mol. The summed E-state index contributed by atoms with van der Waals surface area (Å²) < 4.78 is 5.45. The molecule has 1 aromatic carbocycles. The highest BCUT2D eigenvalue weighted by Crippen LogP contribution is 2.24. The van der Waals surface area contributed by atoms with Crippen molar-refractivity contribution in [1.82, 2.24) is 5.32 Å². The van der Waals surface area contributed by atoms with E-state index in [2.05, 4.69) is 5.32 Å². The lowest BCUT2D eigenvalue weighted by atomic mass is 10.1. The number of ether oxygens (including phenoxy) is 1. The normalized spacial score (nSPS) is 17.9. The minimum Gasteiger partial charge on any atom is -0.393 e. The van der Waals surface area contributed by atoms with Crippen LogP contribution >= 0.6 is 0 Å². The number of para-hydroxylation sites is 1. The van der Waals surface area contributed by atoms with Crippen molar-refractivity contribution in [1.29, 1.82) is 0 Å². The van der Waals surface area contributed by atoms with Crippen LogP contribution in [0.25, 0.3) is 0 Å². The van der Waals surface area contributed by atoms with Gasteiger partial charge in [0.05, 0.1) is 16.6 Å². The molecule has 1 saturated heterocycles. The standard InChI is InChI=1S/C13H17N3O4/c14-12-10(4-1-5-11(12)16(18)19)13(17)15-7-6-9-3-2-8-20-9/h1,4-5,9H,2-3,6-8,14H2,(H,15,17). The first kappa shape index (κ1) is 14.3. The van der Waals surface area contributed by atoms with Gasteiger partial charge in [0.25, 0.3) is 11.6 Å². The number of carbonyl (C=O) groups excluding carboxylic acids is 1. The predicted molar refractivity (Wildman–Crippen MR) is 73.4 cm³/mol. The lowest BCUT2D eigenvalue weighted by Gasteiger charge is -2.11. The van der Waals surface area contributed by atoms with Crippen LogP contribution in [-0.4, -0.2) is 30.1 Å². The van der Waals surface area contributed by atoms with Crippen LogP contribution in [0.5, 0.6) is 0 Å². The van der Waals surface area contributed by atoms with Crippen LogP contribution in [0.3, 0.4) is 0 Å². The molecule has 2 rings (SSSR count).